The molecule has 0 fully saturated rings. The van der Waals surface area contributed by atoms with E-state index >= 15 is 0 Å². The molecule has 0 N–H and O–H groups in total. The number of fused-ring (bicyclic) bond motifs is 1. The number of carbonyl (C=O) groups is 2. The van der Waals surface area contributed by atoms with Crippen molar-refractivity contribution in [3.05, 3.63) is 140 Å². The molecule has 1 unspecified atom stereocenters. The Morgan fingerprint density at radius 3 is 1.32 bits per heavy atom. The predicted octanol–water partition coefficient (Wildman–Crippen LogP) is 16.1. The van der Waals surface area contributed by atoms with Crippen molar-refractivity contribution >= 4 is 22.0 Å². The van der Waals surface area contributed by atoms with Crippen LogP contribution in [0.3, 0.4) is 0 Å². The lowest BCUT2D eigenvalue weighted by atomic mass is 9.83. The smallest absolute Gasteiger partial charge is 0.217 e. The lowest BCUT2D eigenvalue weighted by molar-refractivity contribution is 0.0973. The first-order chi connectivity index (χ1) is 29.9. The Morgan fingerprint density at radius 2 is 0.905 bits per heavy atom. The van der Waals surface area contributed by atoms with Gasteiger partial charge in [0.25, 0.3) is 0 Å². The molecule has 1 aliphatic carbocycles. The maximum absolute atomic E-state index is 13.1. The van der Waals surface area contributed by atoms with Crippen molar-refractivity contribution in [1.29, 1.82) is 0 Å². The summed E-state index contributed by atoms with van der Waals surface area (Å²) in [4.78, 5) is 25.8. The molecule has 0 aliphatic heterocycles. The Hall–Kier alpha value is -3.91. The van der Waals surface area contributed by atoms with Crippen LogP contribution in [0, 0.1) is 5.92 Å². The molecule has 0 amide bonds. The summed E-state index contributed by atoms with van der Waals surface area (Å²) in [6.07, 6.45) is 37.3. The number of hydrogen-bond acceptors (Lipinski definition) is 6. The standard InChI is InChI=1S/C56H82O6S/c1-42(22-14-24-44(3)26-16-28-46(5)30-18-32-48(7)34-20-36-50(9)41-62-63(59,60)61)21-13-23-43(2)25-15-27-45(4)29-17-31-47(6)33-19-35-49(8)39-40-52-51(10)55(57)53-37-11-12-38-54(53)56(52)58/h11-12,21,24-25,28-29,32,36-39,47H,13-20,22-23,26-27,30-31,33-35,40-41H2,1-10H3,(H,59,60,61)/p-1/b42-21+,43-25+,44-24+,45-29+,46-28+,48-32+,49-39+,50-36+. The first kappa shape index (κ1) is 55.2. The Kier molecular flexibility index (Phi) is 26.5. The summed E-state index contributed by atoms with van der Waals surface area (Å²) in [5.41, 5.74) is 13.0. The largest absolute Gasteiger partial charge is 0.726 e. The van der Waals surface area contributed by atoms with Crippen molar-refractivity contribution in [3.8, 4) is 0 Å². The van der Waals surface area contributed by atoms with Gasteiger partial charge >= 0.3 is 0 Å². The van der Waals surface area contributed by atoms with Crippen molar-refractivity contribution in [3.63, 3.8) is 0 Å². The number of benzene rings is 1. The molecule has 1 aromatic carbocycles. The second-order valence-corrected chi connectivity index (χ2v) is 19.4. The van der Waals surface area contributed by atoms with Crippen LogP contribution in [0.1, 0.15) is 206 Å². The summed E-state index contributed by atoms with van der Waals surface area (Å²) in [7, 11) is -4.64. The van der Waals surface area contributed by atoms with Gasteiger partial charge in [-0.05, 0) is 177 Å². The third-order valence-electron chi connectivity index (χ3n) is 12.2. The highest BCUT2D eigenvalue weighted by molar-refractivity contribution is 7.80. The minimum absolute atomic E-state index is 0.00662. The Morgan fingerprint density at radius 1 is 0.540 bits per heavy atom. The van der Waals surface area contributed by atoms with Crippen LogP contribution in [-0.4, -0.2) is 31.1 Å². The Balaban J connectivity index is 1.57. The topological polar surface area (TPSA) is 101 Å². The summed E-state index contributed by atoms with van der Waals surface area (Å²) in [6, 6.07) is 7.16. The van der Waals surface area contributed by atoms with Gasteiger partial charge in [-0.15, -0.1) is 0 Å². The van der Waals surface area contributed by atoms with Crippen molar-refractivity contribution in [1.82, 2.24) is 0 Å². The lowest BCUT2D eigenvalue weighted by Crippen LogP contribution is -2.20. The molecular weight excluding hydrogens is 801 g/mol. The minimum Gasteiger partial charge on any atom is -0.726 e. The van der Waals surface area contributed by atoms with E-state index in [9.17, 15) is 22.6 Å². The number of Topliss-reactive ketones (excluding diaryl/α,β-unsaturated/α-hetero) is 2. The summed E-state index contributed by atoms with van der Waals surface area (Å²) < 4.78 is 36.1. The third-order valence-corrected chi connectivity index (χ3v) is 12.6. The molecule has 63 heavy (non-hydrogen) atoms. The van der Waals surface area contributed by atoms with Crippen molar-refractivity contribution in [2.75, 3.05) is 6.61 Å². The van der Waals surface area contributed by atoms with Gasteiger partial charge in [0.05, 0.1) is 6.61 Å². The van der Waals surface area contributed by atoms with E-state index in [-0.39, 0.29) is 18.2 Å². The zero-order chi connectivity index (χ0) is 46.8. The molecule has 1 aliphatic rings. The third kappa shape index (κ3) is 24.7. The summed E-state index contributed by atoms with van der Waals surface area (Å²) in [5.74, 6) is 0.649. The fraction of sp³-hybridized carbons (Fsp3) is 0.536. The van der Waals surface area contributed by atoms with E-state index in [2.05, 4.69) is 102 Å². The Labute approximate surface area is 384 Å². The van der Waals surface area contributed by atoms with Crippen molar-refractivity contribution in [2.45, 2.75) is 185 Å². The molecule has 0 aromatic heterocycles. The number of carbonyl (C=O) groups excluding carboxylic acids is 2. The molecule has 1 atom stereocenters. The predicted molar refractivity (Wildman–Crippen MR) is 266 cm³/mol. The molecule has 6 nitrogen and oxygen atoms in total. The first-order valence-electron chi connectivity index (χ1n) is 23.6. The summed E-state index contributed by atoms with van der Waals surface area (Å²) in [5, 5.41) is 0. The average molecular weight is 882 g/mol. The molecular formula is C56H81O6S-. The van der Waals surface area contributed by atoms with E-state index in [0.29, 0.717) is 34.6 Å². The summed E-state index contributed by atoms with van der Waals surface area (Å²) >= 11 is 0. The normalized spacial score (nSPS) is 16.0. The maximum atomic E-state index is 13.1. The van der Waals surface area contributed by atoms with Crippen LogP contribution in [-0.2, 0) is 14.6 Å². The van der Waals surface area contributed by atoms with E-state index in [1.807, 2.05) is 18.2 Å². The minimum atomic E-state index is -4.64. The quantitative estimate of drug-likeness (QED) is 0.0433. The highest BCUT2D eigenvalue weighted by Gasteiger charge is 2.28. The zero-order valence-electron chi connectivity index (χ0n) is 40.8. The van der Waals surface area contributed by atoms with Gasteiger partial charge in [0, 0.05) is 22.3 Å². The molecule has 0 saturated heterocycles. The highest BCUT2D eigenvalue weighted by atomic mass is 32.3. The van der Waals surface area contributed by atoms with Gasteiger partial charge in [-0.3, -0.25) is 13.8 Å². The van der Waals surface area contributed by atoms with Crippen LogP contribution in [0.4, 0.5) is 0 Å². The monoisotopic (exact) mass is 882 g/mol. The fourth-order valence-corrected chi connectivity index (χ4v) is 8.11. The highest BCUT2D eigenvalue weighted by Crippen LogP contribution is 2.29. The Bertz CT molecular complexity index is 2040. The second-order valence-electron chi connectivity index (χ2n) is 18.4. The number of ketones is 2. The van der Waals surface area contributed by atoms with Crippen molar-refractivity contribution in [2.24, 2.45) is 5.92 Å². The van der Waals surface area contributed by atoms with E-state index < -0.39 is 10.4 Å². The van der Waals surface area contributed by atoms with Crippen molar-refractivity contribution < 1.29 is 26.7 Å². The van der Waals surface area contributed by atoms with E-state index in [4.69, 9.17) is 0 Å². The van der Waals surface area contributed by atoms with Gasteiger partial charge in [-0.2, -0.15) is 0 Å². The van der Waals surface area contributed by atoms with Gasteiger partial charge in [-0.25, -0.2) is 8.42 Å². The van der Waals surface area contributed by atoms with E-state index in [0.717, 1.165) is 102 Å². The average Bonchev–Trinajstić information content (AvgIpc) is 3.22. The van der Waals surface area contributed by atoms with Gasteiger partial charge in [0.15, 0.2) is 11.6 Å². The van der Waals surface area contributed by atoms with Crippen LogP contribution in [0.25, 0.3) is 0 Å². The maximum Gasteiger partial charge on any atom is 0.217 e. The van der Waals surface area contributed by atoms with Crippen LogP contribution < -0.4 is 0 Å². The van der Waals surface area contributed by atoms with Gasteiger partial charge in [0.1, 0.15) is 0 Å². The molecule has 0 bridgehead atoms. The van der Waals surface area contributed by atoms with Crippen LogP contribution in [0.15, 0.2) is 129 Å². The molecule has 0 spiro atoms. The molecule has 0 radical (unpaired) electrons. The molecule has 1 aromatic rings. The number of allylic oxidation sites excluding steroid dienone is 17. The first-order valence-corrected chi connectivity index (χ1v) is 24.9. The van der Waals surface area contributed by atoms with Gasteiger partial charge in [0.2, 0.25) is 10.4 Å². The summed E-state index contributed by atoms with van der Waals surface area (Å²) in [6.45, 7) is 21.3. The zero-order valence-corrected chi connectivity index (χ0v) is 41.6. The number of hydrogen-bond donors (Lipinski definition) is 0. The molecule has 0 heterocycles. The van der Waals surface area contributed by atoms with Gasteiger partial charge < -0.3 is 4.55 Å². The van der Waals surface area contributed by atoms with Crippen LogP contribution in [0.2, 0.25) is 0 Å². The molecule has 2 rings (SSSR count). The van der Waals surface area contributed by atoms with Crippen LogP contribution >= 0.6 is 0 Å². The molecule has 348 valence electrons. The fourth-order valence-electron chi connectivity index (χ4n) is 7.78. The van der Waals surface area contributed by atoms with E-state index in [1.54, 1.807) is 26.0 Å². The van der Waals surface area contributed by atoms with E-state index in [1.165, 1.54) is 51.9 Å². The second kappa shape index (κ2) is 30.3. The van der Waals surface area contributed by atoms with Crippen LogP contribution in [0.5, 0.6) is 0 Å². The molecule has 0 saturated carbocycles. The number of rotatable bonds is 30. The molecule has 7 heteroatoms. The lowest BCUT2D eigenvalue weighted by Gasteiger charge is -2.18. The van der Waals surface area contributed by atoms with Gasteiger partial charge in [-0.1, -0.05) is 131 Å². The SMILES string of the molecule is CC1=C(C/C=C(\C)CCCC(C)CC/C=C(\C)CC/C=C(\C)CC/C=C(\C)CC/C=C(\C)CC/C=C(\C)CC/C=C(\C)CC/C=C(\C)COS(=O)(=O)[O-])C(=O)c2ccccc2C1=O.